The van der Waals surface area contributed by atoms with Gasteiger partial charge in [0, 0.05) is 19.5 Å². The van der Waals surface area contributed by atoms with Gasteiger partial charge in [0.2, 0.25) is 5.91 Å². The van der Waals surface area contributed by atoms with Gasteiger partial charge in [0.15, 0.2) is 0 Å². The Labute approximate surface area is 108 Å². The number of nitrogens with two attached hydrogens (primary N) is 1. The molecular formula is C13H24N2O3. The maximum absolute atomic E-state index is 12.0. The second kappa shape index (κ2) is 6.73. The van der Waals surface area contributed by atoms with Gasteiger partial charge in [-0.25, -0.2) is 0 Å². The summed E-state index contributed by atoms with van der Waals surface area (Å²) in [5, 5.41) is 8.64. The van der Waals surface area contributed by atoms with Crippen molar-refractivity contribution in [2.24, 2.45) is 17.6 Å². The van der Waals surface area contributed by atoms with Crippen LogP contribution in [0.15, 0.2) is 0 Å². The van der Waals surface area contributed by atoms with Crippen LogP contribution in [0.5, 0.6) is 0 Å². The maximum Gasteiger partial charge on any atom is 0.303 e. The van der Waals surface area contributed by atoms with Gasteiger partial charge in [0.1, 0.15) is 0 Å². The zero-order valence-electron chi connectivity index (χ0n) is 11.3. The molecule has 1 fully saturated rings. The van der Waals surface area contributed by atoms with E-state index in [1.54, 1.807) is 0 Å². The van der Waals surface area contributed by atoms with Crippen molar-refractivity contribution in [2.75, 3.05) is 13.1 Å². The number of carboxylic acid groups (broad SMARTS) is 1. The molecule has 0 aromatic heterocycles. The lowest BCUT2D eigenvalue weighted by molar-refractivity contribution is -0.138. The Morgan fingerprint density at radius 2 is 1.89 bits per heavy atom. The first-order valence-electron chi connectivity index (χ1n) is 6.68. The molecule has 1 amide bonds. The molecule has 1 heterocycles. The Hall–Kier alpha value is -1.10. The first kappa shape index (κ1) is 15.0. The van der Waals surface area contributed by atoms with Crippen LogP contribution in [-0.2, 0) is 9.59 Å². The second-order valence-electron chi connectivity index (χ2n) is 5.47. The lowest BCUT2D eigenvalue weighted by atomic mass is 9.91. The van der Waals surface area contributed by atoms with E-state index in [0.29, 0.717) is 25.4 Å². The Kier molecular flexibility index (Phi) is 5.59. The van der Waals surface area contributed by atoms with Crippen LogP contribution in [-0.4, -0.2) is 41.0 Å². The van der Waals surface area contributed by atoms with Crippen molar-refractivity contribution in [3.63, 3.8) is 0 Å². The van der Waals surface area contributed by atoms with Gasteiger partial charge in [-0.3, -0.25) is 9.59 Å². The standard InChI is InChI=1S/C13H24N2O3/c1-9(2)12(14)13(18)15-7-5-10(6-8-15)3-4-11(16)17/h9-10,12H,3-8,14H2,1-2H3,(H,16,17)/t12-/m1/s1. The lowest BCUT2D eigenvalue weighted by Gasteiger charge is -2.34. The molecule has 5 heteroatoms. The zero-order valence-corrected chi connectivity index (χ0v) is 11.3. The molecule has 1 atom stereocenters. The summed E-state index contributed by atoms with van der Waals surface area (Å²) in [7, 11) is 0. The minimum absolute atomic E-state index is 0.0293. The van der Waals surface area contributed by atoms with E-state index >= 15 is 0 Å². The van der Waals surface area contributed by atoms with Gasteiger partial charge in [-0.1, -0.05) is 13.8 Å². The van der Waals surface area contributed by atoms with Crippen LogP contribution in [0.25, 0.3) is 0 Å². The van der Waals surface area contributed by atoms with Crippen molar-refractivity contribution in [2.45, 2.75) is 45.6 Å². The second-order valence-corrected chi connectivity index (χ2v) is 5.47. The van der Waals surface area contributed by atoms with Gasteiger partial charge in [-0.15, -0.1) is 0 Å². The van der Waals surface area contributed by atoms with E-state index in [4.69, 9.17) is 10.8 Å². The number of carbonyl (C=O) groups is 2. The summed E-state index contributed by atoms with van der Waals surface area (Å²) in [6, 6.07) is -0.416. The Morgan fingerprint density at radius 3 is 2.33 bits per heavy atom. The Bertz CT molecular complexity index is 297. The molecule has 3 N–H and O–H groups in total. The van der Waals surface area contributed by atoms with Crippen LogP contribution < -0.4 is 5.73 Å². The van der Waals surface area contributed by atoms with Crippen LogP contribution in [0.2, 0.25) is 0 Å². The quantitative estimate of drug-likeness (QED) is 0.770. The van der Waals surface area contributed by atoms with Crippen molar-refractivity contribution in [1.82, 2.24) is 4.90 Å². The number of likely N-dealkylation sites (tertiary alicyclic amines) is 1. The Balaban J connectivity index is 2.35. The van der Waals surface area contributed by atoms with Crippen molar-refractivity contribution in [1.29, 1.82) is 0 Å². The molecule has 0 saturated carbocycles. The molecule has 104 valence electrons. The van der Waals surface area contributed by atoms with Crippen LogP contribution in [0.3, 0.4) is 0 Å². The normalized spacial score (nSPS) is 19.0. The average molecular weight is 256 g/mol. The highest BCUT2D eigenvalue weighted by Gasteiger charge is 2.27. The summed E-state index contributed by atoms with van der Waals surface area (Å²) >= 11 is 0. The molecule has 0 spiro atoms. The number of carboxylic acids is 1. The minimum Gasteiger partial charge on any atom is -0.481 e. The van der Waals surface area contributed by atoms with Crippen molar-refractivity contribution >= 4 is 11.9 Å². The number of amides is 1. The molecule has 0 aliphatic carbocycles. The molecule has 1 rings (SSSR count). The van der Waals surface area contributed by atoms with Crippen LogP contribution >= 0.6 is 0 Å². The number of rotatable bonds is 5. The van der Waals surface area contributed by atoms with Gasteiger partial charge in [0.25, 0.3) is 0 Å². The van der Waals surface area contributed by atoms with Gasteiger partial charge in [-0.2, -0.15) is 0 Å². The van der Waals surface area contributed by atoms with Crippen molar-refractivity contribution < 1.29 is 14.7 Å². The van der Waals surface area contributed by atoms with Crippen LogP contribution in [0.4, 0.5) is 0 Å². The number of carbonyl (C=O) groups excluding carboxylic acids is 1. The first-order chi connectivity index (χ1) is 8.41. The highest BCUT2D eigenvalue weighted by atomic mass is 16.4. The number of aliphatic carboxylic acids is 1. The molecule has 1 saturated heterocycles. The summed E-state index contributed by atoms with van der Waals surface area (Å²) < 4.78 is 0. The molecule has 0 aromatic carbocycles. The largest absolute Gasteiger partial charge is 0.481 e. The van der Waals surface area contributed by atoms with E-state index in [0.717, 1.165) is 12.8 Å². The molecule has 1 aliphatic heterocycles. The number of nitrogens with zero attached hydrogens (tertiary/aromatic N) is 1. The predicted octanol–water partition coefficient (Wildman–Crippen LogP) is 1.07. The molecule has 1 aliphatic rings. The van der Waals surface area contributed by atoms with Crippen LogP contribution in [0.1, 0.15) is 39.5 Å². The fourth-order valence-corrected chi connectivity index (χ4v) is 2.27. The molecule has 0 bridgehead atoms. The molecule has 0 radical (unpaired) electrons. The summed E-state index contributed by atoms with van der Waals surface area (Å²) in [5.74, 6) is -0.125. The highest BCUT2D eigenvalue weighted by Crippen LogP contribution is 2.22. The van der Waals surface area contributed by atoms with Crippen molar-refractivity contribution in [3.8, 4) is 0 Å². The van der Waals surface area contributed by atoms with E-state index in [1.807, 2.05) is 18.7 Å². The van der Waals surface area contributed by atoms with Crippen molar-refractivity contribution in [3.05, 3.63) is 0 Å². The molecule has 0 aromatic rings. The maximum atomic E-state index is 12.0. The fourth-order valence-electron chi connectivity index (χ4n) is 2.27. The van der Waals surface area contributed by atoms with E-state index in [1.165, 1.54) is 0 Å². The van der Waals surface area contributed by atoms with E-state index in [9.17, 15) is 9.59 Å². The van der Waals surface area contributed by atoms with Gasteiger partial charge in [0.05, 0.1) is 6.04 Å². The molecule has 0 unspecified atom stereocenters. The summed E-state index contributed by atoms with van der Waals surface area (Å²) in [6.07, 6.45) is 2.73. The topological polar surface area (TPSA) is 83.6 Å². The third-order valence-corrected chi connectivity index (χ3v) is 3.70. The minimum atomic E-state index is -0.740. The first-order valence-corrected chi connectivity index (χ1v) is 6.68. The molecule has 18 heavy (non-hydrogen) atoms. The Morgan fingerprint density at radius 1 is 1.33 bits per heavy atom. The van der Waals surface area contributed by atoms with E-state index in [-0.39, 0.29) is 18.2 Å². The fraction of sp³-hybridized carbons (Fsp3) is 0.846. The third-order valence-electron chi connectivity index (χ3n) is 3.70. The van der Waals surface area contributed by atoms with E-state index in [2.05, 4.69) is 0 Å². The number of piperidine rings is 1. The lowest BCUT2D eigenvalue weighted by Crippen LogP contribution is -2.49. The average Bonchev–Trinajstić information content (AvgIpc) is 2.35. The van der Waals surface area contributed by atoms with Gasteiger partial charge >= 0.3 is 5.97 Å². The zero-order chi connectivity index (χ0) is 13.7. The highest BCUT2D eigenvalue weighted by molar-refractivity contribution is 5.82. The van der Waals surface area contributed by atoms with Gasteiger partial charge in [-0.05, 0) is 31.1 Å². The predicted molar refractivity (Wildman–Crippen MR) is 69.0 cm³/mol. The molecule has 5 nitrogen and oxygen atoms in total. The van der Waals surface area contributed by atoms with Gasteiger partial charge < -0.3 is 15.7 Å². The third kappa shape index (κ3) is 4.29. The van der Waals surface area contributed by atoms with Crippen LogP contribution in [0, 0.1) is 11.8 Å². The summed E-state index contributed by atoms with van der Waals surface area (Å²) in [4.78, 5) is 24.3. The summed E-state index contributed by atoms with van der Waals surface area (Å²) in [5.41, 5.74) is 5.85. The monoisotopic (exact) mass is 256 g/mol. The number of hydrogen-bond donors (Lipinski definition) is 2. The molecular weight excluding hydrogens is 232 g/mol. The smallest absolute Gasteiger partial charge is 0.303 e. The van der Waals surface area contributed by atoms with E-state index < -0.39 is 12.0 Å². The summed E-state index contributed by atoms with van der Waals surface area (Å²) in [6.45, 7) is 5.32. The number of hydrogen-bond acceptors (Lipinski definition) is 3. The SMILES string of the molecule is CC(C)[C@@H](N)C(=O)N1CCC(CCC(=O)O)CC1.